The number of nitrogens with one attached hydrogen (secondary N) is 2. The SMILES string of the molecule is CNC(C)c1nnc(NCCCCSC)o1. The fourth-order valence-corrected chi connectivity index (χ4v) is 1.66. The highest BCUT2D eigenvalue weighted by molar-refractivity contribution is 7.98. The van der Waals surface area contributed by atoms with E-state index in [-0.39, 0.29) is 6.04 Å². The second-order valence-electron chi connectivity index (χ2n) is 3.58. The van der Waals surface area contributed by atoms with Gasteiger partial charge >= 0.3 is 6.01 Å². The summed E-state index contributed by atoms with van der Waals surface area (Å²) in [5, 5.41) is 14.1. The molecular weight excluding hydrogens is 224 g/mol. The number of unbranched alkanes of at least 4 members (excludes halogenated alkanes) is 1. The number of hydrogen-bond donors (Lipinski definition) is 2. The fraction of sp³-hybridized carbons (Fsp3) is 0.800. The maximum absolute atomic E-state index is 5.44. The summed E-state index contributed by atoms with van der Waals surface area (Å²) in [6.45, 7) is 2.87. The van der Waals surface area contributed by atoms with Crippen LogP contribution in [0.3, 0.4) is 0 Å². The summed E-state index contributed by atoms with van der Waals surface area (Å²) in [7, 11) is 1.87. The molecule has 0 radical (unpaired) electrons. The monoisotopic (exact) mass is 244 g/mol. The smallest absolute Gasteiger partial charge is 0.315 e. The van der Waals surface area contributed by atoms with Crippen molar-refractivity contribution < 1.29 is 4.42 Å². The number of anilines is 1. The van der Waals surface area contributed by atoms with E-state index < -0.39 is 0 Å². The highest BCUT2D eigenvalue weighted by atomic mass is 32.2. The molecule has 92 valence electrons. The quantitative estimate of drug-likeness (QED) is 0.681. The van der Waals surface area contributed by atoms with Crippen molar-refractivity contribution in [2.24, 2.45) is 0 Å². The molecule has 0 saturated heterocycles. The molecule has 0 spiro atoms. The van der Waals surface area contributed by atoms with Crippen LogP contribution in [0.4, 0.5) is 6.01 Å². The van der Waals surface area contributed by atoms with Gasteiger partial charge in [-0.15, -0.1) is 5.10 Å². The molecule has 0 aliphatic heterocycles. The number of nitrogens with zero attached hydrogens (tertiary/aromatic N) is 2. The van der Waals surface area contributed by atoms with Crippen molar-refractivity contribution >= 4 is 17.8 Å². The van der Waals surface area contributed by atoms with Crippen LogP contribution < -0.4 is 10.6 Å². The largest absolute Gasteiger partial charge is 0.406 e. The molecule has 0 saturated carbocycles. The molecule has 5 nitrogen and oxygen atoms in total. The number of aromatic nitrogens is 2. The molecule has 1 aromatic heterocycles. The Bertz CT molecular complexity index is 292. The zero-order valence-electron chi connectivity index (χ0n) is 10.1. The van der Waals surface area contributed by atoms with Crippen LogP contribution in [0.5, 0.6) is 0 Å². The van der Waals surface area contributed by atoms with E-state index in [9.17, 15) is 0 Å². The van der Waals surface area contributed by atoms with Gasteiger partial charge in [0.15, 0.2) is 0 Å². The van der Waals surface area contributed by atoms with E-state index >= 15 is 0 Å². The van der Waals surface area contributed by atoms with E-state index in [0.29, 0.717) is 11.9 Å². The van der Waals surface area contributed by atoms with Crippen LogP contribution in [-0.2, 0) is 0 Å². The van der Waals surface area contributed by atoms with E-state index in [0.717, 1.165) is 13.0 Å². The molecule has 0 amide bonds. The van der Waals surface area contributed by atoms with Crippen molar-refractivity contribution in [2.75, 3.05) is 30.9 Å². The van der Waals surface area contributed by atoms with Crippen molar-refractivity contribution in [1.82, 2.24) is 15.5 Å². The van der Waals surface area contributed by atoms with E-state index in [1.54, 1.807) is 0 Å². The lowest BCUT2D eigenvalue weighted by molar-refractivity contribution is 0.441. The molecule has 0 aliphatic carbocycles. The van der Waals surface area contributed by atoms with Crippen LogP contribution >= 0.6 is 11.8 Å². The number of hydrogen-bond acceptors (Lipinski definition) is 6. The van der Waals surface area contributed by atoms with Crippen LogP contribution in [0.2, 0.25) is 0 Å². The summed E-state index contributed by atoms with van der Waals surface area (Å²) >= 11 is 1.87. The lowest BCUT2D eigenvalue weighted by Crippen LogP contribution is -2.12. The van der Waals surface area contributed by atoms with Crippen LogP contribution in [0.1, 0.15) is 31.7 Å². The maximum Gasteiger partial charge on any atom is 0.315 e. The third kappa shape index (κ3) is 4.40. The van der Waals surface area contributed by atoms with Gasteiger partial charge in [0, 0.05) is 6.54 Å². The molecule has 0 bridgehead atoms. The first-order valence-corrected chi connectivity index (χ1v) is 6.90. The van der Waals surface area contributed by atoms with Crippen LogP contribution in [0.15, 0.2) is 4.42 Å². The Morgan fingerprint density at radius 1 is 1.38 bits per heavy atom. The van der Waals surface area contributed by atoms with Crippen molar-refractivity contribution in [3.63, 3.8) is 0 Å². The van der Waals surface area contributed by atoms with Crippen molar-refractivity contribution in [3.05, 3.63) is 5.89 Å². The minimum atomic E-state index is 0.0968. The molecule has 6 heteroatoms. The van der Waals surface area contributed by atoms with Gasteiger partial charge in [0.05, 0.1) is 6.04 Å². The Morgan fingerprint density at radius 3 is 2.88 bits per heavy atom. The second-order valence-corrected chi connectivity index (χ2v) is 4.57. The summed E-state index contributed by atoms with van der Waals surface area (Å²) in [5.41, 5.74) is 0. The summed E-state index contributed by atoms with van der Waals surface area (Å²) in [6, 6.07) is 0.612. The zero-order valence-corrected chi connectivity index (χ0v) is 10.9. The van der Waals surface area contributed by atoms with Crippen LogP contribution in [-0.4, -0.2) is 35.8 Å². The van der Waals surface area contributed by atoms with Gasteiger partial charge in [-0.05, 0) is 38.8 Å². The molecule has 2 N–H and O–H groups in total. The van der Waals surface area contributed by atoms with Gasteiger partial charge in [-0.3, -0.25) is 0 Å². The molecule has 0 aliphatic rings. The van der Waals surface area contributed by atoms with Gasteiger partial charge in [0.2, 0.25) is 5.89 Å². The minimum absolute atomic E-state index is 0.0968. The van der Waals surface area contributed by atoms with Crippen molar-refractivity contribution in [2.45, 2.75) is 25.8 Å². The molecule has 1 rings (SSSR count). The standard InChI is InChI=1S/C10H20N4OS/c1-8(11-2)9-13-14-10(15-9)12-6-4-5-7-16-3/h8,11H,4-7H2,1-3H3,(H,12,14). The van der Waals surface area contributed by atoms with E-state index in [2.05, 4.69) is 27.1 Å². The van der Waals surface area contributed by atoms with Gasteiger partial charge in [-0.25, -0.2) is 0 Å². The molecule has 0 fully saturated rings. The Hall–Kier alpha value is -0.750. The first kappa shape index (κ1) is 13.3. The maximum atomic E-state index is 5.44. The second kappa shape index (κ2) is 7.51. The summed E-state index contributed by atoms with van der Waals surface area (Å²) in [5.74, 6) is 1.82. The molecule has 1 aromatic rings. The van der Waals surface area contributed by atoms with Gasteiger partial charge in [-0.1, -0.05) is 5.10 Å². The number of thioether (sulfide) groups is 1. The third-order valence-corrected chi connectivity index (χ3v) is 2.99. The first-order valence-electron chi connectivity index (χ1n) is 5.51. The van der Waals surface area contributed by atoms with Gasteiger partial charge in [0.25, 0.3) is 0 Å². The van der Waals surface area contributed by atoms with Gasteiger partial charge in [-0.2, -0.15) is 11.8 Å². The van der Waals surface area contributed by atoms with Crippen LogP contribution in [0, 0.1) is 0 Å². The highest BCUT2D eigenvalue weighted by Crippen LogP contribution is 2.12. The number of rotatable bonds is 8. The molecule has 1 atom stereocenters. The Labute approximate surface area is 101 Å². The molecule has 1 unspecified atom stereocenters. The topological polar surface area (TPSA) is 63.0 Å². The normalized spacial score (nSPS) is 12.7. The summed E-state index contributed by atoms with van der Waals surface area (Å²) in [6.07, 6.45) is 4.46. The Balaban J connectivity index is 2.24. The molecular formula is C10H20N4OS. The van der Waals surface area contributed by atoms with E-state index in [4.69, 9.17) is 4.42 Å². The van der Waals surface area contributed by atoms with E-state index in [1.165, 1.54) is 12.2 Å². The average molecular weight is 244 g/mol. The lowest BCUT2D eigenvalue weighted by atomic mass is 10.3. The first-order chi connectivity index (χ1) is 7.77. The molecule has 0 aromatic carbocycles. The fourth-order valence-electron chi connectivity index (χ4n) is 1.17. The summed E-state index contributed by atoms with van der Waals surface area (Å²) in [4.78, 5) is 0. The average Bonchev–Trinajstić information content (AvgIpc) is 2.76. The summed E-state index contributed by atoms with van der Waals surface area (Å²) < 4.78 is 5.44. The highest BCUT2D eigenvalue weighted by Gasteiger charge is 2.10. The van der Waals surface area contributed by atoms with Gasteiger partial charge in [0.1, 0.15) is 0 Å². The lowest BCUT2D eigenvalue weighted by Gasteiger charge is -2.03. The Morgan fingerprint density at radius 2 is 2.19 bits per heavy atom. The van der Waals surface area contributed by atoms with Crippen LogP contribution in [0.25, 0.3) is 0 Å². The third-order valence-electron chi connectivity index (χ3n) is 2.30. The minimum Gasteiger partial charge on any atom is -0.406 e. The van der Waals surface area contributed by atoms with E-state index in [1.807, 2.05) is 25.7 Å². The van der Waals surface area contributed by atoms with Crippen molar-refractivity contribution in [3.8, 4) is 0 Å². The van der Waals surface area contributed by atoms with Crippen molar-refractivity contribution in [1.29, 1.82) is 0 Å². The molecule has 16 heavy (non-hydrogen) atoms. The van der Waals surface area contributed by atoms with Gasteiger partial charge < -0.3 is 15.1 Å². The Kier molecular flexibility index (Phi) is 6.25. The molecule has 1 heterocycles. The zero-order chi connectivity index (χ0) is 11.8. The predicted octanol–water partition coefficient (Wildman–Crippen LogP) is 1.91. The predicted molar refractivity (Wildman–Crippen MR) is 67.9 cm³/mol.